The lowest BCUT2D eigenvalue weighted by atomic mass is 10.1. The molecule has 0 spiro atoms. The number of aromatic nitrogens is 2. The Labute approximate surface area is 206 Å². The zero-order valence-electron chi connectivity index (χ0n) is 18.0. The topological polar surface area (TPSA) is 78.6 Å². The van der Waals surface area contributed by atoms with Gasteiger partial charge < -0.3 is 20.1 Å². The second kappa shape index (κ2) is 12.0. The Balaban J connectivity index is 0.00000272. The lowest BCUT2D eigenvalue weighted by Crippen LogP contribution is -2.45. The van der Waals surface area contributed by atoms with Crippen molar-refractivity contribution in [1.82, 2.24) is 25.7 Å². The van der Waals surface area contributed by atoms with Crippen molar-refractivity contribution in [2.24, 2.45) is 10.9 Å². The number of aliphatic imine (C=N–C) groups is 1. The fourth-order valence-electron chi connectivity index (χ4n) is 4.42. The molecule has 1 aliphatic heterocycles. The highest BCUT2D eigenvalue weighted by atomic mass is 127. The van der Waals surface area contributed by atoms with Crippen molar-refractivity contribution in [2.75, 3.05) is 33.2 Å². The molecule has 31 heavy (non-hydrogen) atoms. The Morgan fingerprint density at radius 3 is 2.74 bits per heavy atom. The Bertz CT molecular complexity index is 837. The molecule has 2 aliphatic rings. The fourth-order valence-corrected chi connectivity index (χ4v) is 4.55. The van der Waals surface area contributed by atoms with Crippen LogP contribution in [-0.2, 0) is 6.42 Å². The molecule has 2 fully saturated rings. The fraction of sp³-hybridized carbons (Fsp3) is 0.591. The first-order chi connectivity index (χ1) is 14.7. The smallest absolute Gasteiger partial charge is 0.228 e. The molecule has 2 N–H and O–H groups in total. The zero-order valence-corrected chi connectivity index (χ0v) is 21.1. The maximum Gasteiger partial charge on any atom is 0.228 e. The summed E-state index contributed by atoms with van der Waals surface area (Å²) in [6.45, 7) is 4.23. The van der Waals surface area contributed by atoms with Crippen LogP contribution < -0.4 is 10.6 Å². The first kappa shape index (κ1) is 24.3. The van der Waals surface area contributed by atoms with Crippen molar-refractivity contribution in [2.45, 2.75) is 44.6 Å². The van der Waals surface area contributed by atoms with Crippen molar-refractivity contribution in [3.05, 3.63) is 35.2 Å². The molecule has 0 amide bonds. The maximum atomic E-state index is 5.93. The summed E-state index contributed by atoms with van der Waals surface area (Å²) >= 11 is 5.93. The van der Waals surface area contributed by atoms with Crippen LogP contribution in [0.1, 0.15) is 38.0 Å². The Hall–Kier alpha value is -1.39. The summed E-state index contributed by atoms with van der Waals surface area (Å²) in [5.41, 5.74) is 0.892. The van der Waals surface area contributed by atoms with Crippen LogP contribution in [0.2, 0.25) is 5.02 Å². The zero-order chi connectivity index (χ0) is 20.8. The first-order valence-corrected chi connectivity index (χ1v) is 11.4. The molecule has 1 aromatic carbocycles. The first-order valence-electron chi connectivity index (χ1n) is 11.0. The van der Waals surface area contributed by atoms with Gasteiger partial charge in [0.15, 0.2) is 5.96 Å². The van der Waals surface area contributed by atoms with Gasteiger partial charge in [-0.3, -0.25) is 4.99 Å². The van der Waals surface area contributed by atoms with E-state index < -0.39 is 0 Å². The van der Waals surface area contributed by atoms with Crippen LogP contribution in [0.4, 0.5) is 0 Å². The molecule has 1 saturated carbocycles. The summed E-state index contributed by atoms with van der Waals surface area (Å²) in [5, 5.41) is 11.7. The van der Waals surface area contributed by atoms with E-state index in [1.807, 2.05) is 31.3 Å². The highest BCUT2D eigenvalue weighted by Crippen LogP contribution is 2.26. The normalized spacial score (nSPS) is 20.1. The molecular formula is C22H32ClIN6O. The molecule has 7 nitrogen and oxygen atoms in total. The molecule has 0 radical (unpaired) electrons. The van der Waals surface area contributed by atoms with E-state index in [2.05, 4.69) is 30.7 Å². The molecule has 1 aliphatic carbocycles. The van der Waals surface area contributed by atoms with Crippen LogP contribution in [0.15, 0.2) is 33.8 Å². The summed E-state index contributed by atoms with van der Waals surface area (Å²) in [6.07, 6.45) is 7.46. The number of halogens is 2. The summed E-state index contributed by atoms with van der Waals surface area (Å²) in [4.78, 5) is 11.4. The van der Waals surface area contributed by atoms with Gasteiger partial charge in [0.25, 0.3) is 0 Å². The van der Waals surface area contributed by atoms with Gasteiger partial charge in [-0.05, 0) is 49.4 Å². The summed E-state index contributed by atoms with van der Waals surface area (Å²) in [6, 6.07) is 7.87. The minimum Gasteiger partial charge on any atom is -0.356 e. The van der Waals surface area contributed by atoms with Crippen LogP contribution in [0.3, 0.4) is 0 Å². The molecule has 0 bridgehead atoms. The highest BCUT2D eigenvalue weighted by molar-refractivity contribution is 14.0. The number of hydrogen-bond donors (Lipinski definition) is 2. The van der Waals surface area contributed by atoms with Crippen LogP contribution >= 0.6 is 35.6 Å². The van der Waals surface area contributed by atoms with Gasteiger partial charge in [-0.15, -0.1) is 24.0 Å². The third-order valence-electron chi connectivity index (χ3n) is 6.03. The molecule has 9 heteroatoms. The van der Waals surface area contributed by atoms with E-state index in [-0.39, 0.29) is 24.0 Å². The molecule has 1 atom stereocenters. The van der Waals surface area contributed by atoms with Crippen molar-refractivity contribution in [1.29, 1.82) is 0 Å². The van der Waals surface area contributed by atoms with E-state index in [4.69, 9.17) is 16.1 Å². The van der Waals surface area contributed by atoms with E-state index in [9.17, 15) is 0 Å². The van der Waals surface area contributed by atoms with Gasteiger partial charge in [-0.25, -0.2) is 0 Å². The number of guanidine groups is 1. The number of likely N-dealkylation sites (tertiary alicyclic amines) is 1. The van der Waals surface area contributed by atoms with Crippen LogP contribution in [0, 0.1) is 5.92 Å². The summed E-state index contributed by atoms with van der Waals surface area (Å²) < 4.78 is 5.37. The van der Waals surface area contributed by atoms with E-state index in [1.165, 1.54) is 45.2 Å². The molecule has 1 saturated heterocycles. The predicted octanol–water partition coefficient (Wildman–Crippen LogP) is 3.98. The minimum absolute atomic E-state index is 0. The third-order valence-corrected chi connectivity index (χ3v) is 6.28. The Morgan fingerprint density at radius 2 is 2.00 bits per heavy atom. The molecule has 1 unspecified atom stereocenters. The SMILES string of the molecule is CN=C(NCCc1nc(-c2ccc(Cl)cc2)no1)NC1CCN(CC2CCCC2)C1.I. The maximum absolute atomic E-state index is 5.93. The highest BCUT2D eigenvalue weighted by Gasteiger charge is 2.26. The molecule has 4 rings (SSSR count). The Kier molecular flexibility index (Phi) is 9.40. The van der Waals surface area contributed by atoms with Gasteiger partial charge >= 0.3 is 0 Å². The minimum atomic E-state index is 0. The van der Waals surface area contributed by atoms with Gasteiger partial charge in [0, 0.05) is 56.3 Å². The van der Waals surface area contributed by atoms with Crippen molar-refractivity contribution < 1.29 is 4.52 Å². The van der Waals surface area contributed by atoms with Gasteiger partial charge in [0.1, 0.15) is 0 Å². The average Bonchev–Trinajstić information content (AvgIpc) is 3.51. The lowest BCUT2D eigenvalue weighted by molar-refractivity contribution is 0.275. The van der Waals surface area contributed by atoms with Crippen molar-refractivity contribution in [3.8, 4) is 11.4 Å². The molecule has 1 aromatic heterocycles. The number of nitrogens with zero attached hydrogens (tertiary/aromatic N) is 4. The van der Waals surface area contributed by atoms with Gasteiger partial charge in [0.2, 0.25) is 11.7 Å². The Morgan fingerprint density at radius 1 is 1.23 bits per heavy atom. The standard InChI is InChI=1S/C22H31ClN6O.HI/c1-24-22(26-19-11-13-29(15-19)14-16-4-2-3-5-16)25-12-10-20-27-21(28-30-20)17-6-8-18(23)9-7-17;/h6-9,16,19H,2-5,10-15H2,1H3,(H2,24,25,26);1H. The summed E-state index contributed by atoms with van der Waals surface area (Å²) in [5.74, 6) is 2.93. The predicted molar refractivity (Wildman–Crippen MR) is 135 cm³/mol. The van der Waals surface area contributed by atoms with Gasteiger partial charge in [0.05, 0.1) is 0 Å². The molecule has 2 aromatic rings. The van der Waals surface area contributed by atoms with Crippen molar-refractivity contribution in [3.63, 3.8) is 0 Å². The monoisotopic (exact) mass is 558 g/mol. The number of nitrogens with one attached hydrogen (secondary N) is 2. The second-order valence-electron chi connectivity index (χ2n) is 8.31. The quantitative estimate of drug-likeness (QED) is 0.304. The van der Waals surface area contributed by atoms with Gasteiger partial charge in [-0.2, -0.15) is 4.98 Å². The van der Waals surface area contributed by atoms with E-state index in [0.29, 0.717) is 35.7 Å². The third kappa shape index (κ3) is 7.05. The number of hydrogen-bond acceptors (Lipinski definition) is 5. The van der Waals surface area contributed by atoms with E-state index >= 15 is 0 Å². The van der Waals surface area contributed by atoms with Crippen LogP contribution in [0.25, 0.3) is 11.4 Å². The number of rotatable bonds is 7. The lowest BCUT2D eigenvalue weighted by Gasteiger charge is -2.21. The van der Waals surface area contributed by atoms with Crippen LogP contribution in [-0.4, -0.2) is 60.3 Å². The van der Waals surface area contributed by atoms with Crippen molar-refractivity contribution >= 4 is 41.5 Å². The largest absolute Gasteiger partial charge is 0.356 e. The van der Waals surface area contributed by atoms with Crippen LogP contribution in [0.5, 0.6) is 0 Å². The molecule has 170 valence electrons. The summed E-state index contributed by atoms with van der Waals surface area (Å²) in [7, 11) is 1.81. The molecule has 2 heterocycles. The number of benzene rings is 1. The average molecular weight is 559 g/mol. The molecular weight excluding hydrogens is 527 g/mol. The van der Waals surface area contributed by atoms with E-state index in [0.717, 1.165) is 24.0 Å². The van der Waals surface area contributed by atoms with Gasteiger partial charge in [-0.1, -0.05) is 29.6 Å². The second-order valence-corrected chi connectivity index (χ2v) is 8.74. The van der Waals surface area contributed by atoms with E-state index in [1.54, 1.807) is 0 Å².